The Morgan fingerprint density at radius 2 is 1.71 bits per heavy atom. The number of aryl methyl sites for hydroxylation is 2. The van der Waals surface area contributed by atoms with Gasteiger partial charge in [0.15, 0.2) is 5.65 Å². The summed E-state index contributed by atoms with van der Waals surface area (Å²) in [6.45, 7) is 10.1. The van der Waals surface area contributed by atoms with Crippen molar-refractivity contribution >= 4 is 16.9 Å². The number of nitrogens with zero attached hydrogens (tertiary/aromatic N) is 5. The zero-order valence-electron chi connectivity index (χ0n) is 28.1. The molecule has 0 atom stereocenters. The van der Waals surface area contributed by atoms with E-state index in [1.54, 1.807) is 23.9 Å². The minimum Gasteiger partial charge on any atom is -0.348 e. The molecule has 250 valence electrons. The van der Waals surface area contributed by atoms with Gasteiger partial charge in [-0.3, -0.25) is 18.8 Å². The maximum Gasteiger partial charge on any atom is 0.337 e. The Labute approximate surface area is 278 Å². The van der Waals surface area contributed by atoms with Gasteiger partial charge < -0.3 is 10.6 Å². The van der Waals surface area contributed by atoms with Crippen LogP contribution in [0, 0.1) is 18.2 Å². The third-order valence-corrected chi connectivity index (χ3v) is 9.01. The Kier molecular flexibility index (Phi) is 9.15. The molecule has 48 heavy (non-hydrogen) atoms. The lowest BCUT2D eigenvalue weighted by atomic mass is 9.90. The third-order valence-electron chi connectivity index (χ3n) is 9.01. The van der Waals surface area contributed by atoms with Gasteiger partial charge in [-0.2, -0.15) is 5.10 Å². The Balaban J connectivity index is 1.28. The van der Waals surface area contributed by atoms with Crippen molar-refractivity contribution in [2.75, 3.05) is 6.54 Å². The van der Waals surface area contributed by atoms with Crippen molar-refractivity contribution in [1.82, 2.24) is 34.5 Å². The van der Waals surface area contributed by atoms with Crippen LogP contribution in [0.3, 0.4) is 0 Å². The number of hydrogen-bond acceptors (Lipinski definition) is 6. The van der Waals surface area contributed by atoms with Gasteiger partial charge in [0.25, 0.3) is 11.5 Å². The highest BCUT2D eigenvalue weighted by molar-refractivity contribution is 5.92. The normalized spacial score (nSPS) is 16.7. The first kappa shape index (κ1) is 33.0. The number of pyridine rings is 1. The van der Waals surface area contributed by atoms with Gasteiger partial charge in [0.05, 0.1) is 17.3 Å². The van der Waals surface area contributed by atoms with E-state index in [0.717, 1.165) is 42.2 Å². The number of carbonyl (C=O) groups excluding carboxylic acids is 1. The van der Waals surface area contributed by atoms with Crippen molar-refractivity contribution in [3.8, 4) is 16.8 Å². The lowest BCUT2D eigenvalue weighted by Gasteiger charge is -2.30. The molecule has 1 aliphatic rings. The second-order valence-electron chi connectivity index (χ2n) is 14.0. The van der Waals surface area contributed by atoms with Gasteiger partial charge in [0.1, 0.15) is 11.5 Å². The van der Waals surface area contributed by atoms with E-state index in [-0.39, 0.29) is 28.4 Å². The van der Waals surface area contributed by atoms with E-state index >= 15 is 0 Å². The van der Waals surface area contributed by atoms with Crippen molar-refractivity contribution in [1.29, 1.82) is 0 Å². The quantitative estimate of drug-likeness (QED) is 0.231. The van der Waals surface area contributed by atoms with Crippen LogP contribution in [0.5, 0.6) is 0 Å². The molecule has 6 rings (SSSR count). The maximum atomic E-state index is 14.5. The van der Waals surface area contributed by atoms with Crippen LogP contribution in [0.15, 0.2) is 76.4 Å². The van der Waals surface area contributed by atoms with Crippen molar-refractivity contribution < 1.29 is 9.18 Å². The summed E-state index contributed by atoms with van der Waals surface area (Å²) >= 11 is 0. The molecule has 1 fully saturated rings. The number of benzene rings is 2. The highest BCUT2D eigenvalue weighted by atomic mass is 19.1. The van der Waals surface area contributed by atoms with Crippen LogP contribution < -0.4 is 21.9 Å². The van der Waals surface area contributed by atoms with Crippen molar-refractivity contribution in [3.63, 3.8) is 0 Å². The number of hydrogen-bond donors (Lipinski definition) is 2. The molecule has 11 heteroatoms. The molecular formula is C37H42FN7O3. The summed E-state index contributed by atoms with van der Waals surface area (Å²) in [5.41, 5.74) is 4.00. The number of nitrogens with one attached hydrogen (secondary N) is 2. The minimum atomic E-state index is -0.654. The fraction of sp³-hybridized carbons (Fsp3) is 0.378. The molecule has 2 N–H and O–H groups in total. The molecule has 0 spiro atoms. The summed E-state index contributed by atoms with van der Waals surface area (Å²) in [5, 5.41) is 10.8. The second-order valence-corrected chi connectivity index (χ2v) is 14.0. The first-order chi connectivity index (χ1) is 22.9. The zero-order chi connectivity index (χ0) is 34.2. The fourth-order valence-electron chi connectivity index (χ4n) is 6.37. The summed E-state index contributed by atoms with van der Waals surface area (Å²) in [4.78, 5) is 45.0. The van der Waals surface area contributed by atoms with Gasteiger partial charge in [-0.1, -0.05) is 57.2 Å². The number of aromatic nitrogens is 5. The Hall–Kier alpha value is -4.90. The summed E-state index contributed by atoms with van der Waals surface area (Å²) in [6, 6.07) is 18.1. The predicted octanol–water partition coefficient (Wildman–Crippen LogP) is 5.44. The number of halogens is 1. The average Bonchev–Trinajstić information content (AvgIpc) is 3.40. The van der Waals surface area contributed by atoms with Crippen LogP contribution >= 0.6 is 0 Å². The molecular weight excluding hydrogens is 609 g/mol. The van der Waals surface area contributed by atoms with E-state index in [0.29, 0.717) is 37.1 Å². The molecule has 0 saturated heterocycles. The van der Waals surface area contributed by atoms with Crippen LogP contribution in [-0.2, 0) is 13.6 Å². The molecule has 0 radical (unpaired) electrons. The Bertz CT molecular complexity index is 2060. The lowest BCUT2D eigenvalue weighted by molar-refractivity contribution is 0.0916. The van der Waals surface area contributed by atoms with E-state index in [2.05, 4.69) is 65.8 Å². The van der Waals surface area contributed by atoms with Gasteiger partial charge in [0, 0.05) is 37.9 Å². The monoisotopic (exact) mass is 651 g/mol. The van der Waals surface area contributed by atoms with Crippen LogP contribution in [0.1, 0.15) is 74.2 Å². The highest BCUT2D eigenvalue weighted by Gasteiger charge is 2.28. The second kappa shape index (κ2) is 13.3. The largest absolute Gasteiger partial charge is 0.348 e. The Morgan fingerprint density at radius 3 is 2.38 bits per heavy atom. The molecule has 0 aliphatic heterocycles. The van der Waals surface area contributed by atoms with E-state index in [1.165, 1.54) is 14.7 Å². The maximum absolute atomic E-state index is 14.5. The minimum absolute atomic E-state index is 0.0352. The van der Waals surface area contributed by atoms with E-state index in [1.807, 2.05) is 25.1 Å². The third kappa shape index (κ3) is 7.01. The summed E-state index contributed by atoms with van der Waals surface area (Å²) in [7, 11) is 1.79. The number of amides is 1. The van der Waals surface area contributed by atoms with Crippen molar-refractivity contribution in [2.24, 2.45) is 12.5 Å². The molecule has 0 bridgehead atoms. The van der Waals surface area contributed by atoms with E-state index < -0.39 is 23.1 Å². The van der Waals surface area contributed by atoms with Gasteiger partial charge in [-0.05, 0) is 79.0 Å². The SMILES string of the molecule is Cc1cc(C(=O)NC2CCC(n3c(=O)c4cc(F)cnc4n(-c4cccc(-c5ccc(CNCC(C)(C)C)cc5)c4)c3=O)CC2)nn1C. The molecule has 2 aromatic carbocycles. The summed E-state index contributed by atoms with van der Waals surface area (Å²) < 4.78 is 18.8. The average molecular weight is 652 g/mol. The molecule has 1 aliphatic carbocycles. The molecule has 10 nitrogen and oxygen atoms in total. The van der Waals surface area contributed by atoms with Crippen LogP contribution in [-0.4, -0.2) is 42.4 Å². The molecule has 1 saturated carbocycles. The summed E-state index contributed by atoms with van der Waals surface area (Å²) in [6.07, 6.45) is 3.16. The van der Waals surface area contributed by atoms with Gasteiger partial charge >= 0.3 is 5.69 Å². The first-order valence-electron chi connectivity index (χ1n) is 16.4. The molecule has 5 aromatic rings. The lowest BCUT2D eigenvalue weighted by Crippen LogP contribution is -2.45. The highest BCUT2D eigenvalue weighted by Crippen LogP contribution is 2.28. The van der Waals surface area contributed by atoms with E-state index in [4.69, 9.17) is 0 Å². The van der Waals surface area contributed by atoms with Gasteiger partial charge in [-0.25, -0.2) is 18.7 Å². The Morgan fingerprint density at radius 1 is 0.979 bits per heavy atom. The number of fused-ring (bicyclic) bond motifs is 1. The van der Waals surface area contributed by atoms with Crippen molar-refractivity contribution in [2.45, 2.75) is 72.0 Å². The van der Waals surface area contributed by atoms with Crippen LogP contribution in [0.25, 0.3) is 27.8 Å². The van der Waals surface area contributed by atoms with Crippen molar-refractivity contribution in [3.05, 3.63) is 110 Å². The molecule has 1 amide bonds. The smallest absolute Gasteiger partial charge is 0.337 e. The predicted molar refractivity (Wildman–Crippen MR) is 185 cm³/mol. The standard InChI is InChI=1S/C37H42FN7O3/c1-23-17-32(42-43(23)5)34(46)41-28-13-15-29(16-14-28)45-35(47)31-19-27(38)21-40-33(31)44(36(45)48)30-8-6-7-26(18-30)25-11-9-24(10-12-25)20-39-22-37(2,3)4/h6-12,17-19,21,28-29,39H,13-16,20,22H2,1-5H3,(H,41,46). The van der Waals surface area contributed by atoms with Crippen LogP contribution in [0.4, 0.5) is 4.39 Å². The summed E-state index contributed by atoms with van der Waals surface area (Å²) in [5.74, 6) is -0.904. The molecule has 3 heterocycles. The fourth-order valence-corrected chi connectivity index (χ4v) is 6.37. The van der Waals surface area contributed by atoms with E-state index in [9.17, 15) is 18.8 Å². The van der Waals surface area contributed by atoms with Gasteiger partial charge in [-0.15, -0.1) is 0 Å². The molecule has 0 unspecified atom stereocenters. The van der Waals surface area contributed by atoms with Crippen LogP contribution in [0.2, 0.25) is 0 Å². The number of rotatable bonds is 8. The first-order valence-corrected chi connectivity index (χ1v) is 16.4. The zero-order valence-corrected chi connectivity index (χ0v) is 28.1. The topological polar surface area (TPSA) is 116 Å². The van der Waals surface area contributed by atoms with Gasteiger partial charge in [0.2, 0.25) is 0 Å². The number of carbonyl (C=O) groups is 1. The molecule has 3 aromatic heterocycles.